The van der Waals surface area contributed by atoms with E-state index in [9.17, 15) is 4.79 Å². The standard InChI is InChI=1S/C21H24N4OS2/c1-14-3-5-16(6-4-14)21-24-18(12-27-21)11-25-9-7-17(8-10-25)23-20(26)19-15(2)22-13-28-19/h3-6,12-13,17H,7-11H2,1-2H3,(H,23,26). The van der Waals surface area contributed by atoms with E-state index in [-0.39, 0.29) is 11.9 Å². The first kappa shape index (κ1) is 19.2. The monoisotopic (exact) mass is 412 g/mol. The summed E-state index contributed by atoms with van der Waals surface area (Å²) in [6, 6.07) is 8.77. The highest BCUT2D eigenvalue weighted by Gasteiger charge is 2.23. The number of aryl methyl sites for hydroxylation is 2. The molecule has 0 unspecified atom stereocenters. The molecule has 0 aliphatic carbocycles. The van der Waals surface area contributed by atoms with Crippen LogP contribution in [0.1, 0.15) is 39.5 Å². The van der Waals surface area contributed by atoms with Crippen molar-refractivity contribution in [2.75, 3.05) is 13.1 Å². The summed E-state index contributed by atoms with van der Waals surface area (Å²) in [5, 5.41) is 6.41. The zero-order valence-corrected chi connectivity index (χ0v) is 17.8. The van der Waals surface area contributed by atoms with Gasteiger partial charge in [-0.3, -0.25) is 9.69 Å². The predicted molar refractivity (Wildman–Crippen MR) is 115 cm³/mol. The van der Waals surface area contributed by atoms with Crippen LogP contribution >= 0.6 is 22.7 Å². The van der Waals surface area contributed by atoms with E-state index in [1.807, 2.05) is 6.92 Å². The van der Waals surface area contributed by atoms with Crippen molar-refractivity contribution < 1.29 is 4.79 Å². The number of aromatic nitrogens is 2. The van der Waals surface area contributed by atoms with Gasteiger partial charge in [0.05, 0.1) is 16.9 Å². The average Bonchev–Trinajstić information content (AvgIpc) is 3.33. The fourth-order valence-electron chi connectivity index (χ4n) is 3.44. The van der Waals surface area contributed by atoms with E-state index in [2.05, 4.69) is 51.8 Å². The Bertz CT molecular complexity index is 939. The number of rotatable bonds is 5. The Kier molecular flexibility index (Phi) is 5.85. The van der Waals surface area contributed by atoms with Gasteiger partial charge in [-0.15, -0.1) is 22.7 Å². The number of hydrogen-bond acceptors (Lipinski definition) is 6. The lowest BCUT2D eigenvalue weighted by Gasteiger charge is -2.31. The van der Waals surface area contributed by atoms with Crippen molar-refractivity contribution in [3.8, 4) is 10.6 Å². The minimum Gasteiger partial charge on any atom is -0.348 e. The van der Waals surface area contributed by atoms with Gasteiger partial charge < -0.3 is 5.32 Å². The smallest absolute Gasteiger partial charge is 0.263 e. The predicted octanol–water partition coefficient (Wildman–Crippen LogP) is 4.28. The lowest BCUT2D eigenvalue weighted by Crippen LogP contribution is -2.44. The third-order valence-electron chi connectivity index (χ3n) is 5.11. The Morgan fingerprint density at radius 3 is 2.61 bits per heavy atom. The summed E-state index contributed by atoms with van der Waals surface area (Å²) >= 11 is 3.12. The highest BCUT2D eigenvalue weighted by atomic mass is 32.1. The molecule has 0 atom stereocenters. The van der Waals surface area contributed by atoms with Crippen molar-refractivity contribution in [1.29, 1.82) is 0 Å². The first-order chi connectivity index (χ1) is 13.6. The van der Waals surface area contributed by atoms with Crippen molar-refractivity contribution in [2.24, 2.45) is 0 Å². The fraction of sp³-hybridized carbons (Fsp3) is 0.381. The summed E-state index contributed by atoms with van der Waals surface area (Å²) in [6.45, 7) is 6.80. The Labute approximate surface area is 173 Å². The molecule has 1 fully saturated rings. The van der Waals surface area contributed by atoms with E-state index in [1.165, 1.54) is 22.5 Å². The van der Waals surface area contributed by atoms with Crippen molar-refractivity contribution >= 4 is 28.6 Å². The molecule has 146 valence electrons. The topological polar surface area (TPSA) is 58.1 Å². The molecule has 1 aliphatic heterocycles. The molecule has 0 bridgehead atoms. The summed E-state index contributed by atoms with van der Waals surface area (Å²) < 4.78 is 0. The minimum absolute atomic E-state index is 0.0145. The number of likely N-dealkylation sites (tertiary alicyclic amines) is 1. The quantitative estimate of drug-likeness (QED) is 0.680. The Morgan fingerprint density at radius 1 is 1.18 bits per heavy atom. The van der Waals surface area contributed by atoms with E-state index in [0.717, 1.165) is 53.7 Å². The fourth-order valence-corrected chi connectivity index (χ4v) is 4.97. The zero-order valence-electron chi connectivity index (χ0n) is 16.1. The molecule has 4 rings (SSSR count). The summed E-state index contributed by atoms with van der Waals surface area (Å²) in [7, 11) is 0. The molecule has 0 radical (unpaired) electrons. The number of piperidine rings is 1. The van der Waals surface area contributed by atoms with Crippen molar-refractivity contribution in [2.45, 2.75) is 39.3 Å². The zero-order chi connectivity index (χ0) is 19.5. The van der Waals surface area contributed by atoms with Crippen LogP contribution in [0.25, 0.3) is 10.6 Å². The van der Waals surface area contributed by atoms with Crippen LogP contribution in [0.15, 0.2) is 35.2 Å². The van der Waals surface area contributed by atoms with Gasteiger partial charge in [0.2, 0.25) is 0 Å². The number of carbonyl (C=O) groups excluding carboxylic acids is 1. The van der Waals surface area contributed by atoms with Crippen LogP contribution in [0, 0.1) is 13.8 Å². The van der Waals surface area contributed by atoms with Gasteiger partial charge in [-0.05, 0) is 26.7 Å². The van der Waals surface area contributed by atoms with E-state index in [4.69, 9.17) is 4.98 Å². The van der Waals surface area contributed by atoms with Crippen LogP contribution in [0.4, 0.5) is 0 Å². The van der Waals surface area contributed by atoms with Crippen LogP contribution in [0.2, 0.25) is 0 Å². The summed E-state index contributed by atoms with van der Waals surface area (Å²) in [5.41, 5.74) is 6.12. The van der Waals surface area contributed by atoms with E-state index in [1.54, 1.807) is 16.8 Å². The molecule has 0 saturated carbocycles. The molecule has 2 aromatic heterocycles. The van der Waals surface area contributed by atoms with Gasteiger partial charge in [-0.2, -0.15) is 0 Å². The van der Waals surface area contributed by atoms with Gasteiger partial charge in [-0.1, -0.05) is 29.8 Å². The summed E-state index contributed by atoms with van der Waals surface area (Å²) in [5.74, 6) is 0.0145. The third-order valence-corrected chi connectivity index (χ3v) is 6.98. The Balaban J connectivity index is 1.28. The first-order valence-corrected chi connectivity index (χ1v) is 11.3. The molecule has 0 spiro atoms. The molecule has 1 amide bonds. The maximum atomic E-state index is 12.4. The minimum atomic E-state index is 0.0145. The van der Waals surface area contributed by atoms with Gasteiger partial charge >= 0.3 is 0 Å². The molecule has 1 aliphatic rings. The lowest BCUT2D eigenvalue weighted by atomic mass is 10.0. The van der Waals surface area contributed by atoms with Crippen molar-refractivity contribution in [1.82, 2.24) is 20.2 Å². The molecular weight excluding hydrogens is 388 g/mol. The van der Waals surface area contributed by atoms with Gasteiger partial charge in [0, 0.05) is 36.6 Å². The molecule has 3 heterocycles. The number of benzene rings is 1. The van der Waals surface area contributed by atoms with Gasteiger partial charge in [0.25, 0.3) is 5.91 Å². The summed E-state index contributed by atoms with van der Waals surface area (Å²) in [4.78, 5) is 24.5. The Morgan fingerprint density at radius 2 is 1.93 bits per heavy atom. The van der Waals surface area contributed by atoms with Gasteiger partial charge in [-0.25, -0.2) is 9.97 Å². The van der Waals surface area contributed by atoms with Crippen LogP contribution < -0.4 is 5.32 Å². The maximum Gasteiger partial charge on any atom is 0.263 e. The van der Waals surface area contributed by atoms with Crippen molar-refractivity contribution in [3.05, 3.63) is 57.0 Å². The molecule has 1 aromatic carbocycles. The van der Waals surface area contributed by atoms with Crippen LogP contribution in [-0.2, 0) is 6.54 Å². The number of nitrogens with zero attached hydrogens (tertiary/aromatic N) is 3. The molecule has 28 heavy (non-hydrogen) atoms. The van der Waals surface area contributed by atoms with Crippen LogP contribution in [0.5, 0.6) is 0 Å². The Hall–Kier alpha value is -2.09. The van der Waals surface area contributed by atoms with Gasteiger partial charge in [0.1, 0.15) is 9.88 Å². The van der Waals surface area contributed by atoms with E-state index >= 15 is 0 Å². The van der Waals surface area contributed by atoms with Gasteiger partial charge in [0.15, 0.2) is 0 Å². The highest BCUT2D eigenvalue weighted by Crippen LogP contribution is 2.25. The molecule has 3 aromatic rings. The first-order valence-electron chi connectivity index (χ1n) is 9.53. The normalized spacial score (nSPS) is 15.6. The average molecular weight is 413 g/mol. The number of nitrogens with one attached hydrogen (secondary N) is 1. The van der Waals surface area contributed by atoms with Crippen LogP contribution in [-0.4, -0.2) is 39.9 Å². The largest absolute Gasteiger partial charge is 0.348 e. The number of thiazole rings is 2. The van der Waals surface area contributed by atoms with Crippen molar-refractivity contribution in [3.63, 3.8) is 0 Å². The second-order valence-corrected chi connectivity index (χ2v) is 9.01. The summed E-state index contributed by atoms with van der Waals surface area (Å²) in [6.07, 6.45) is 1.94. The third kappa shape index (κ3) is 4.48. The number of amides is 1. The number of carbonyl (C=O) groups is 1. The maximum absolute atomic E-state index is 12.4. The van der Waals surface area contributed by atoms with E-state index < -0.39 is 0 Å². The second-order valence-electron chi connectivity index (χ2n) is 7.30. The molecule has 1 saturated heterocycles. The highest BCUT2D eigenvalue weighted by molar-refractivity contribution is 7.13. The number of hydrogen-bond donors (Lipinski definition) is 1. The van der Waals surface area contributed by atoms with E-state index in [0.29, 0.717) is 0 Å². The second kappa shape index (κ2) is 8.51. The van der Waals surface area contributed by atoms with Crippen LogP contribution in [0.3, 0.4) is 0 Å². The molecule has 1 N–H and O–H groups in total. The lowest BCUT2D eigenvalue weighted by molar-refractivity contribution is 0.0912. The molecule has 5 nitrogen and oxygen atoms in total. The SMILES string of the molecule is Cc1ccc(-c2nc(CN3CCC(NC(=O)c4scnc4C)CC3)cs2)cc1. The molecule has 7 heteroatoms. The molecular formula is C21H24N4OS2.